The smallest absolute Gasteiger partial charge is 0.401 e. The average Bonchev–Trinajstić information content (AvgIpc) is 3.65. The van der Waals surface area contributed by atoms with Crippen molar-refractivity contribution in [2.75, 3.05) is 38.2 Å². The first-order chi connectivity index (χ1) is 30.5. The Morgan fingerprint density at radius 3 is 2.47 bits per heavy atom. The molecular weight excluding hydrogens is 894 g/mol. The minimum Gasteiger partial charge on any atom is -0.495 e. The summed E-state index contributed by atoms with van der Waals surface area (Å²) in [6.45, 7) is 2.36. The lowest BCUT2D eigenvalue weighted by molar-refractivity contribution is -0.154. The van der Waals surface area contributed by atoms with Gasteiger partial charge < -0.3 is 34.6 Å². The van der Waals surface area contributed by atoms with E-state index < -0.39 is 61.2 Å². The summed E-state index contributed by atoms with van der Waals surface area (Å²) in [5.74, 6) is -1.50. The van der Waals surface area contributed by atoms with Crippen molar-refractivity contribution in [1.29, 1.82) is 0 Å². The number of alkyl halides is 3. The first-order valence-electron chi connectivity index (χ1n) is 22.7. The Hall–Kier alpha value is -3.50. The van der Waals surface area contributed by atoms with E-state index in [1.165, 1.54) is 23.3 Å². The number of methoxy groups -OCH3 is 1. The number of hydrogen-bond acceptors (Lipinski definition) is 12. The molecule has 19 heteroatoms. The summed E-state index contributed by atoms with van der Waals surface area (Å²) in [6, 6.07) is 4.31. The van der Waals surface area contributed by atoms with Gasteiger partial charge in [-0.3, -0.25) is 18.9 Å². The van der Waals surface area contributed by atoms with Gasteiger partial charge in [0, 0.05) is 54.3 Å². The maximum absolute atomic E-state index is 14.9. The quantitative estimate of drug-likeness (QED) is 0.0796. The number of anilines is 1. The first-order valence-corrected chi connectivity index (χ1v) is 25.8. The van der Waals surface area contributed by atoms with Crippen LogP contribution in [0.1, 0.15) is 110 Å². The lowest BCUT2D eigenvalue weighted by atomic mass is 9.94. The molecule has 352 valence electrons. The fraction of sp³-hybridized carbons (Fsp3) is 0.667. The summed E-state index contributed by atoms with van der Waals surface area (Å²) >= 11 is 8.28. The van der Waals surface area contributed by atoms with Crippen LogP contribution in [0.15, 0.2) is 23.6 Å². The zero-order valence-electron chi connectivity index (χ0n) is 36.7. The number of fused-ring (bicyclic) bond motifs is 3. The number of benzene rings is 1. The number of ketones is 1. The zero-order valence-corrected chi connectivity index (χ0v) is 39.2. The Labute approximate surface area is 381 Å². The van der Waals surface area contributed by atoms with Gasteiger partial charge in [0.25, 0.3) is 0 Å². The standard InChI is InChI=1S/C45H60ClF3N5O8PS/c1-27(2)51-43-53-34(25-64-43)33-21-38(32-15-16-37(60-3)40(46)41(32)52-33)61-31-20-35-36(55)23-44(63(58,59)18-17-50-26-45(47,48)49)22-29(44)12-8-6-4-5-7-11-28(42(57)54(35)24-31)19-39(56)62-30-13-9-10-14-30/h15-16,21,25,27-31,35,50H,4-14,17-20,22-24,26H2,1-3H3,(H,51,53)(H,58,59)/t28?,29-,31-,35+,44-/m1/s1. The summed E-state index contributed by atoms with van der Waals surface area (Å²) < 4.78 is 71.3. The highest BCUT2D eigenvalue weighted by Gasteiger charge is 2.65. The minimum atomic E-state index is -4.49. The largest absolute Gasteiger partial charge is 0.495 e. The zero-order chi connectivity index (χ0) is 45.8. The second-order valence-corrected chi connectivity index (χ2v) is 22.3. The van der Waals surface area contributed by atoms with Crippen molar-refractivity contribution in [3.8, 4) is 22.9 Å². The van der Waals surface area contributed by atoms with Crippen molar-refractivity contribution in [2.45, 2.75) is 146 Å². The van der Waals surface area contributed by atoms with Crippen molar-refractivity contribution >= 4 is 64.0 Å². The molecule has 4 aliphatic rings. The molecule has 0 radical (unpaired) electrons. The summed E-state index contributed by atoms with van der Waals surface area (Å²) in [5.41, 5.74) is 1.43. The fourth-order valence-electron chi connectivity index (χ4n) is 9.82. The van der Waals surface area contributed by atoms with Crippen molar-refractivity contribution in [1.82, 2.24) is 20.2 Å². The number of Topliss-reactive ketones (excluding diaryl/α,β-unsaturated/α-hetero) is 1. The van der Waals surface area contributed by atoms with E-state index in [4.69, 9.17) is 35.8 Å². The monoisotopic (exact) mass is 953 g/mol. The normalized spacial score (nSPS) is 25.9. The topological polar surface area (TPSA) is 169 Å². The molecule has 0 bridgehead atoms. The van der Waals surface area contributed by atoms with Gasteiger partial charge in [0.2, 0.25) is 13.3 Å². The van der Waals surface area contributed by atoms with Gasteiger partial charge in [-0.25, -0.2) is 9.97 Å². The summed E-state index contributed by atoms with van der Waals surface area (Å²) in [6.07, 6.45) is 2.59. The fourth-order valence-corrected chi connectivity index (χ4v) is 13.5. The van der Waals surface area contributed by atoms with E-state index in [-0.39, 0.29) is 61.3 Å². The number of nitrogens with zero attached hydrogens (tertiary/aromatic N) is 3. The van der Waals surface area contributed by atoms with E-state index in [9.17, 15) is 37.0 Å². The van der Waals surface area contributed by atoms with E-state index in [1.54, 1.807) is 18.2 Å². The number of aromatic nitrogens is 2. The molecular formula is C45H60ClF3N5O8PS. The average molecular weight is 954 g/mol. The number of pyridine rings is 1. The Balaban J connectivity index is 1.21. The summed E-state index contributed by atoms with van der Waals surface area (Å²) in [5, 5.41) is 7.61. The van der Waals surface area contributed by atoms with Gasteiger partial charge in [0.05, 0.1) is 49.0 Å². The molecule has 2 saturated heterocycles. The van der Waals surface area contributed by atoms with Gasteiger partial charge in [0.1, 0.15) is 34.4 Å². The Kier molecular flexibility index (Phi) is 15.6. The molecule has 3 aromatic rings. The van der Waals surface area contributed by atoms with Crippen LogP contribution in [-0.4, -0.2) is 106 Å². The van der Waals surface area contributed by atoms with Gasteiger partial charge in [-0.1, -0.05) is 43.7 Å². The van der Waals surface area contributed by atoms with Crippen molar-refractivity contribution < 1.29 is 51.2 Å². The van der Waals surface area contributed by atoms with Crippen LogP contribution in [0.3, 0.4) is 0 Å². The third kappa shape index (κ3) is 11.5. The number of carbonyl (C=O) groups is 3. The molecule has 7 rings (SSSR count). The van der Waals surface area contributed by atoms with Crippen LogP contribution >= 0.6 is 30.3 Å². The summed E-state index contributed by atoms with van der Waals surface area (Å²) in [7, 11) is -2.69. The first kappa shape index (κ1) is 48.4. The Morgan fingerprint density at radius 1 is 1.03 bits per heavy atom. The highest BCUT2D eigenvalue weighted by atomic mass is 35.5. The highest BCUT2D eigenvalue weighted by molar-refractivity contribution is 7.60. The molecule has 13 nitrogen and oxygen atoms in total. The number of carbonyl (C=O) groups excluding carboxylic acids is 3. The molecule has 2 aromatic heterocycles. The molecule has 2 unspecified atom stereocenters. The molecule has 2 aliphatic carbocycles. The number of amides is 1. The third-order valence-corrected chi connectivity index (χ3v) is 17.3. The Morgan fingerprint density at radius 2 is 1.75 bits per heavy atom. The van der Waals surface area contributed by atoms with E-state index in [2.05, 4.69) is 10.6 Å². The van der Waals surface area contributed by atoms with Crippen LogP contribution in [0.25, 0.3) is 22.3 Å². The lowest BCUT2D eigenvalue weighted by Crippen LogP contribution is -2.45. The number of nitrogens with one attached hydrogen (secondary N) is 2. The summed E-state index contributed by atoms with van der Waals surface area (Å²) in [4.78, 5) is 65.9. The van der Waals surface area contributed by atoms with E-state index >= 15 is 0 Å². The number of hydrogen-bond donors (Lipinski definition) is 3. The maximum Gasteiger partial charge on any atom is 0.401 e. The number of rotatable bonds is 14. The van der Waals surface area contributed by atoms with Crippen LogP contribution in [0, 0.1) is 11.8 Å². The highest BCUT2D eigenvalue weighted by Crippen LogP contribution is 2.73. The number of thiazole rings is 1. The van der Waals surface area contributed by atoms with E-state index in [1.807, 2.05) is 19.2 Å². The SMILES string of the molecule is COc1ccc2c(O[C@@H]3C[C@H]4C(=O)C[C@]5(P(=O)(O)CCNCC(F)(F)F)C[C@H]5CCCCCCCC(CC(=O)OC5CCCC5)C(=O)N4C3)cc(-c3csc(NC(C)C)n3)nc2c1Cl. The van der Waals surface area contributed by atoms with E-state index in [0.717, 1.165) is 51.4 Å². The molecule has 2 saturated carbocycles. The lowest BCUT2D eigenvalue weighted by Gasteiger charge is -2.30. The van der Waals surface area contributed by atoms with Crippen molar-refractivity contribution in [3.05, 3.63) is 28.6 Å². The number of esters is 1. The predicted molar refractivity (Wildman–Crippen MR) is 241 cm³/mol. The molecule has 3 N–H and O–H groups in total. The molecule has 4 heterocycles. The van der Waals surface area contributed by atoms with Crippen LogP contribution in [0.2, 0.25) is 5.02 Å². The van der Waals surface area contributed by atoms with Gasteiger partial charge in [-0.2, -0.15) is 13.2 Å². The molecule has 4 fully saturated rings. The number of ether oxygens (including phenoxy) is 3. The molecule has 6 atom stereocenters. The van der Waals surface area contributed by atoms with Gasteiger partial charge in [0.15, 0.2) is 10.9 Å². The maximum atomic E-state index is 14.9. The minimum absolute atomic E-state index is 0.0137. The molecule has 1 aromatic carbocycles. The van der Waals surface area contributed by atoms with Crippen LogP contribution in [-0.2, 0) is 23.7 Å². The number of halogens is 4. The van der Waals surface area contributed by atoms with E-state index in [0.29, 0.717) is 64.6 Å². The molecule has 0 spiro atoms. The van der Waals surface area contributed by atoms with Gasteiger partial charge in [-0.05, 0) is 76.8 Å². The van der Waals surface area contributed by atoms with Crippen LogP contribution in [0.5, 0.6) is 11.5 Å². The second kappa shape index (κ2) is 20.6. The predicted octanol–water partition coefficient (Wildman–Crippen LogP) is 9.57. The Bertz CT molecular complexity index is 2210. The molecule has 2 aliphatic heterocycles. The molecule has 1 amide bonds. The molecule has 64 heavy (non-hydrogen) atoms. The second-order valence-electron chi connectivity index (χ2n) is 18.3. The van der Waals surface area contributed by atoms with Crippen molar-refractivity contribution in [3.63, 3.8) is 0 Å². The van der Waals surface area contributed by atoms with Crippen LogP contribution < -0.4 is 20.1 Å². The third-order valence-electron chi connectivity index (χ3n) is 13.2. The van der Waals surface area contributed by atoms with Gasteiger partial charge >= 0.3 is 12.1 Å². The van der Waals surface area contributed by atoms with Crippen molar-refractivity contribution in [2.24, 2.45) is 11.8 Å². The van der Waals surface area contributed by atoms with Gasteiger partial charge in [-0.15, -0.1) is 11.3 Å². The van der Waals surface area contributed by atoms with Crippen LogP contribution in [0.4, 0.5) is 18.3 Å².